The van der Waals surface area contributed by atoms with E-state index in [0.717, 1.165) is 63.4 Å². The highest BCUT2D eigenvalue weighted by molar-refractivity contribution is 5.95. The van der Waals surface area contributed by atoms with Gasteiger partial charge in [-0.25, -0.2) is 0 Å². The predicted octanol–water partition coefficient (Wildman–Crippen LogP) is 2.49. The van der Waals surface area contributed by atoms with Gasteiger partial charge in [0.05, 0.1) is 4.92 Å². The van der Waals surface area contributed by atoms with Crippen LogP contribution in [-0.2, 0) is 19.4 Å². The van der Waals surface area contributed by atoms with Gasteiger partial charge in [0.1, 0.15) is 17.3 Å². The Morgan fingerprint density at radius 1 is 1.10 bits per heavy atom. The number of hydrogen-bond donors (Lipinski definition) is 1. The number of amides is 1. The fourth-order valence-electron chi connectivity index (χ4n) is 4.16. The molecule has 0 unspecified atom stereocenters. The summed E-state index contributed by atoms with van der Waals surface area (Å²) in [6.45, 7) is 2.97. The molecule has 0 atom stereocenters. The highest BCUT2D eigenvalue weighted by Gasteiger charge is 2.24. The van der Waals surface area contributed by atoms with Gasteiger partial charge in [-0.1, -0.05) is 6.42 Å². The lowest BCUT2D eigenvalue weighted by atomic mass is 10.1. The van der Waals surface area contributed by atoms with Crippen molar-refractivity contribution in [3.8, 4) is 0 Å². The number of hydrogen-bond acceptors (Lipinski definition) is 6. The maximum atomic E-state index is 12.5. The van der Waals surface area contributed by atoms with E-state index in [1.807, 2.05) is 4.90 Å². The lowest BCUT2D eigenvalue weighted by Gasteiger charge is -2.17. The van der Waals surface area contributed by atoms with Crippen molar-refractivity contribution in [2.24, 2.45) is 0 Å². The molecular weight excluding hydrogens is 372 g/mol. The first-order chi connectivity index (χ1) is 14.1. The minimum Gasteiger partial charge on any atom is -0.366 e. The summed E-state index contributed by atoms with van der Waals surface area (Å²) in [6.07, 6.45) is 7.07. The van der Waals surface area contributed by atoms with E-state index in [1.165, 1.54) is 12.5 Å². The monoisotopic (exact) mass is 398 g/mol. The maximum Gasteiger partial charge on any atom is 0.293 e. The van der Waals surface area contributed by atoms with Gasteiger partial charge >= 0.3 is 0 Å². The average molecular weight is 398 g/mol. The summed E-state index contributed by atoms with van der Waals surface area (Å²) < 4.78 is 2.16. The van der Waals surface area contributed by atoms with E-state index in [4.69, 9.17) is 0 Å². The topological polar surface area (TPSA) is 106 Å². The fourth-order valence-corrected chi connectivity index (χ4v) is 4.16. The van der Waals surface area contributed by atoms with Crippen molar-refractivity contribution < 1.29 is 9.72 Å². The van der Waals surface area contributed by atoms with Crippen molar-refractivity contribution in [1.29, 1.82) is 0 Å². The van der Waals surface area contributed by atoms with Crippen LogP contribution in [0.1, 0.15) is 54.1 Å². The first kappa shape index (κ1) is 19.4. The van der Waals surface area contributed by atoms with Crippen LogP contribution in [0.4, 0.5) is 11.4 Å². The van der Waals surface area contributed by atoms with E-state index < -0.39 is 4.92 Å². The number of fused-ring (bicyclic) bond motifs is 1. The molecule has 0 radical (unpaired) electrons. The first-order valence-electron chi connectivity index (χ1n) is 10.4. The molecule has 1 N–H and O–H groups in total. The van der Waals surface area contributed by atoms with Crippen LogP contribution in [0.2, 0.25) is 0 Å². The van der Waals surface area contributed by atoms with Crippen LogP contribution in [-0.4, -0.2) is 45.2 Å². The van der Waals surface area contributed by atoms with E-state index >= 15 is 0 Å². The molecule has 9 nitrogen and oxygen atoms in total. The number of nitrogens with zero attached hydrogens (tertiary/aromatic N) is 5. The van der Waals surface area contributed by atoms with E-state index in [-0.39, 0.29) is 11.6 Å². The molecule has 9 heteroatoms. The van der Waals surface area contributed by atoms with Crippen LogP contribution in [0.15, 0.2) is 18.2 Å². The molecule has 29 heavy (non-hydrogen) atoms. The number of nitro groups is 1. The number of nitrogens with one attached hydrogen (secondary N) is 1. The third-order valence-electron chi connectivity index (χ3n) is 5.70. The number of anilines is 1. The Labute approximate surface area is 169 Å². The third kappa shape index (κ3) is 4.23. The zero-order chi connectivity index (χ0) is 20.2. The average Bonchev–Trinajstić information content (AvgIpc) is 3.33. The van der Waals surface area contributed by atoms with Gasteiger partial charge in [-0.3, -0.25) is 14.9 Å². The number of rotatable bonds is 6. The van der Waals surface area contributed by atoms with Gasteiger partial charge in [-0.2, -0.15) is 0 Å². The smallest absolute Gasteiger partial charge is 0.293 e. The lowest BCUT2D eigenvalue weighted by molar-refractivity contribution is -0.384. The Kier molecular flexibility index (Phi) is 5.73. The Morgan fingerprint density at radius 3 is 2.69 bits per heavy atom. The summed E-state index contributed by atoms with van der Waals surface area (Å²) in [6, 6.07) is 4.74. The second kappa shape index (κ2) is 8.59. The molecule has 0 spiro atoms. The molecule has 2 aliphatic heterocycles. The molecule has 1 aromatic heterocycles. The number of aryl methyl sites for hydroxylation is 1. The molecule has 154 valence electrons. The second-order valence-electron chi connectivity index (χ2n) is 7.66. The van der Waals surface area contributed by atoms with Gasteiger partial charge in [0.2, 0.25) is 0 Å². The zero-order valence-electron chi connectivity index (χ0n) is 16.5. The molecule has 1 saturated heterocycles. The van der Waals surface area contributed by atoms with Crippen molar-refractivity contribution in [3.63, 3.8) is 0 Å². The molecular formula is C20H26N6O3. The van der Waals surface area contributed by atoms with Crippen molar-refractivity contribution in [1.82, 2.24) is 20.1 Å². The van der Waals surface area contributed by atoms with Gasteiger partial charge in [0.25, 0.3) is 11.6 Å². The number of carbonyl (C=O) groups excluding carboxylic acids is 1. The Bertz CT molecular complexity index is 904. The van der Waals surface area contributed by atoms with Crippen molar-refractivity contribution in [2.75, 3.05) is 24.5 Å². The summed E-state index contributed by atoms with van der Waals surface area (Å²) in [5, 5.41) is 22.9. The van der Waals surface area contributed by atoms with E-state index in [9.17, 15) is 14.9 Å². The molecule has 0 saturated carbocycles. The van der Waals surface area contributed by atoms with Gasteiger partial charge in [-0.05, 0) is 37.8 Å². The van der Waals surface area contributed by atoms with Crippen LogP contribution >= 0.6 is 0 Å². The molecule has 0 aliphatic carbocycles. The van der Waals surface area contributed by atoms with E-state index in [0.29, 0.717) is 24.2 Å². The standard InChI is InChI=1S/C20H26N6O3/c27-20(21-10-9-19-23-22-18-6-2-1-3-13-25(18)19)15-7-8-16(17(14-15)26(28)29)24-11-4-5-12-24/h7-8,14H,1-6,9-13H2,(H,21,27). The highest BCUT2D eigenvalue weighted by atomic mass is 16.6. The molecule has 1 aromatic carbocycles. The van der Waals surface area contributed by atoms with Gasteiger partial charge in [0.15, 0.2) is 0 Å². The summed E-state index contributed by atoms with van der Waals surface area (Å²) in [7, 11) is 0. The quantitative estimate of drug-likeness (QED) is 0.592. The molecule has 1 fully saturated rings. The number of aromatic nitrogens is 3. The predicted molar refractivity (Wildman–Crippen MR) is 108 cm³/mol. The normalized spacial score (nSPS) is 16.3. The zero-order valence-corrected chi connectivity index (χ0v) is 16.5. The van der Waals surface area contributed by atoms with Crippen molar-refractivity contribution in [2.45, 2.75) is 51.5 Å². The van der Waals surface area contributed by atoms with Crippen LogP contribution < -0.4 is 10.2 Å². The minimum atomic E-state index is -0.407. The van der Waals surface area contributed by atoms with Crippen LogP contribution in [0, 0.1) is 10.1 Å². The molecule has 1 amide bonds. The van der Waals surface area contributed by atoms with Gasteiger partial charge in [-0.15, -0.1) is 10.2 Å². The van der Waals surface area contributed by atoms with Crippen LogP contribution in [0.25, 0.3) is 0 Å². The molecule has 0 bridgehead atoms. The van der Waals surface area contributed by atoms with Crippen molar-refractivity contribution in [3.05, 3.63) is 45.5 Å². The fraction of sp³-hybridized carbons (Fsp3) is 0.550. The molecule has 2 aromatic rings. The Hall–Kier alpha value is -2.97. The number of benzene rings is 1. The van der Waals surface area contributed by atoms with Crippen molar-refractivity contribution >= 4 is 17.3 Å². The SMILES string of the molecule is O=C(NCCc1nnc2n1CCCCC2)c1ccc(N2CCCC2)c([N+](=O)[O-])c1. The van der Waals surface area contributed by atoms with Gasteiger partial charge in [0, 0.05) is 50.7 Å². The number of carbonyl (C=O) groups is 1. The minimum absolute atomic E-state index is 0.0117. The van der Waals surface area contributed by atoms with E-state index in [2.05, 4.69) is 20.1 Å². The summed E-state index contributed by atoms with van der Waals surface area (Å²) in [4.78, 5) is 25.7. The first-order valence-corrected chi connectivity index (χ1v) is 10.4. The van der Waals surface area contributed by atoms with Gasteiger partial charge < -0.3 is 14.8 Å². The molecule has 4 rings (SSSR count). The number of nitro benzene ring substituents is 1. The summed E-state index contributed by atoms with van der Waals surface area (Å²) in [5.41, 5.74) is 0.886. The Balaban J connectivity index is 1.40. The summed E-state index contributed by atoms with van der Waals surface area (Å²) in [5.74, 6) is 1.60. The largest absolute Gasteiger partial charge is 0.366 e. The second-order valence-corrected chi connectivity index (χ2v) is 7.66. The third-order valence-corrected chi connectivity index (χ3v) is 5.70. The Morgan fingerprint density at radius 2 is 1.90 bits per heavy atom. The highest BCUT2D eigenvalue weighted by Crippen LogP contribution is 2.31. The summed E-state index contributed by atoms with van der Waals surface area (Å²) >= 11 is 0. The molecule has 3 heterocycles. The van der Waals surface area contributed by atoms with Crippen LogP contribution in [0.5, 0.6) is 0 Å². The van der Waals surface area contributed by atoms with E-state index in [1.54, 1.807) is 12.1 Å². The maximum absolute atomic E-state index is 12.5. The van der Waals surface area contributed by atoms with Crippen LogP contribution in [0.3, 0.4) is 0 Å². The lowest BCUT2D eigenvalue weighted by Crippen LogP contribution is -2.27. The molecule has 2 aliphatic rings.